The summed E-state index contributed by atoms with van der Waals surface area (Å²) in [5, 5.41) is 14.1. The molecule has 1 aliphatic rings. The number of nitrogens with zero attached hydrogens (tertiary/aromatic N) is 1. The number of piperidine rings is 1. The van der Waals surface area contributed by atoms with E-state index < -0.39 is 0 Å². The predicted octanol–water partition coefficient (Wildman–Crippen LogP) is 2.80. The molecular weight excluding hydrogens is 260 g/mol. The number of aliphatic hydroxyl groups excluding tert-OH is 1. The van der Waals surface area contributed by atoms with Gasteiger partial charge in [-0.15, -0.1) is 0 Å². The van der Waals surface area contributed by atoms with E-state index in [1.807, 2.05) is 0 Å². The van der Waals surface area contributed by atoms with Crippen molar-refractivity contribution in [3.8, 4) is 0 Å². The van der Waals surface area contributed by atoms with Gasteiger partial charge in [-0.05, 0) is 50.9 Å². The Morgan fingerprint density at radius 2 is 1.90 bits per heavy atom. The number of β-amino-alcohol motifs (C(OH)–C–C–N with tert-alkyl or cyclic N) is 1. The highest BCUT2D eigenvalue weighted by atomic mass is 16.3. The first-order valence-corrected chi connectivity index (χ1v) is 8.19. The van der Waals surface area contributed by atoms with E-state index in [2.05, 4.69) is 56.1 Å². The van der Waals surface area contributed by atoms with Gasteiger partial charge in [0.15, 0.2) is 0 Å². The second-order valence-electron chi connectivity index (χ2n) is 6.77. The number of hydrogen-bond donors (Lipinski definition) is 2. The molecule has 2 rings (SSSR count). The molecule has 1 aromatic rings. The quantitative estimate of drug-likeness (QED) is 0.875. The summed E-state index contributed by atoms with van der Waals surface area (Å²) in [6, 6.07) is 7.52. The average molecular weight is 290 g/mol. The molecule has 1 aliphatic heterocycles. The van der Waals surface area contributed by atoms with Gasteiger partial charge in [-0.2, -0.15) is 0 Å². The molecule has 0 saturated carbocycles. The van der Waals surface area contributed by atoms with E-state index >= 15 is 0 Å². The Hall–Kier alpha value is -0.900. The number of benzene rings is 1. The molecule has 1 saturated heterocycles. The van der Waals surface area contributed by atoms with Crippen molar-refractivity contribution in [3.63, 3.8) is 0 Å². The maximum absolute atomic E-state index is 10.5. The van der Waals surface area contributed by atoms with Crippen LogP contribution >= 0.6 is 0 Å². The fourth-order valence-electron chi connectivity index (χ4n) is 3.22. The molecule has 1 atom stereocenters. The lowest BCUT2D eigenvalue weighted by Gasteiger charge is -2.34. The molecule has 2 N–H and O–H groups in total. The Morgan fingerprint density at radius 1 is 1.24 bits per heavy atom. The minimum Gasteiger partial charge on any atom is -0.387 e. The van der Waals surface area contributed by atoms with Crippen LogP contribution in [0.15, 0.2) is 18.2 Å². The second-order valence-corrected chi connectivity index (χ2v) is 6.77. The van der Waals surface area contributed by atoms with Crippen molar-refractivity contribution in [2.45, 2.75) is 58.7 Å². The highest BCUT2D eigenvalue weighted by molar-refractivity contribution is 5.32. The number of aliphatic hydroxyl groups is 1. The third kappa shape index (κ3) is 4.80. The van der Waals surface area contributed by atoms with Crippen molar-refractivity contribution >= 4 is 0 Å². The number of aryl methyl sites for hydroxylation is 2. The van der Waals surface area contributed by atoms with E-state index in [1.165, 1.54) is 24.0 Å². The molecule has 0 bridgehead atoms. The Labute approximate surface area is 129 Å². The van der Waals surface area contributed by atoms with Gasteiger partial charge >= 0.3 is 0 Å². The molecule has 3 heteroatoms. The van der Waals surface area contributed by atoms with Crippen LogP contribution in [0.3, 0.4) is 0 Å². The molecule has 3 nitrogen and oxygen atoms in total. The first kappa shape index (κ1) is 16.5. The smallest absolute Gasteiger partial charge is 0.0919 e. The number of nitrogens with one attached hydrogen (secondary N) is 1. The van der Waals surface area contributed by atoms with Gasteiger partial charge in [0, 0.05) is 18.6 Å². The van der Waals surface area contributed by atoms with E-state index in [9.17, 15) is 5.11 Å². The van der Waals surface area contributed by atoms with Crippen LogP contribution in [-0.4, -0.2) is 41.7 Å². The lowest BCUT2D eigenvalue weighted by molar-refractivity contribution is 0.0929. The minimum atomic E-state index is -0.375. The number of rotatable bonds is 5. The van der Waals surface area contributed by atoms with Crippen LogP contribution in [-0.2, 0) is 0 Å². The van der Waals surface area contributed by atoms with Crippen molar-refractivity contribution in [1.29, 1.82) is 0 Å². The van der Waals surface area contributed by atoms with Gasteiger partial charge in [0.1, 0.15) is 0 Å². The summed E-state index contributed by atoms with van der Waals surface area (Å²) >= 11 is 0. The molecule has 0 aliphatic carbocycles. The molecule has 0 unspecified atom stereocenters. The molecule has 118 valence electrons. The molecule has 0 aromatic heterocycles. The van der Waals surface area contributed by atoms with E-state index in [0.717, 1.165) is 25.2 Å². The summed E-state index contributed by atoms with van der Waals surface area (Å²) in [5.74, 6) is 0. The van der Waals surface area contributed by atoms with Crippen LogP contribution in [0.5, 0.6) is 0 Å². The van der Waals surface area contributed by atoms with Gasteiger partial charge < -0.3 is 15.3 Å². The second kappa shape index (κ2) is 7.39. The molecule has 21 heavy (non-hydrogen) atoms. The highest BCUT2D eigenvalue weighted by Crippen LogP contribution is 2.22. The third-order valence-corrected chi connectivity index (χ3v) is 4.38. The Balaban J connectivity index is 1.87. The predicted molar refractivity (Wildman–Crippen MR) is 88.6 cm³/mol. The van der Waals surface area contributed by atoms with Gasteiger partial charge in [0.25, 0.3) is 0 Å². The van der Waals surface area contributed by atoms with Crippen molar-refractivity contribution in [2.75, 3.05) is 19.6 Å². The largest absolute Gasteiger partial charge is 0.387 e. The Morgan fingerprint density at radius 3 is 2.52 bits per heavy atom. The highest BCUT2D eigenvalue weighted by Gasteiger charge is 2.22. The third-order valence-electron chi connectivity index (χ3n) is 4.38. The van der Waals surface area contributed by atoms with Crippen molar-refractivity contribution in [3.05, 3.63) is 34.9 Å². The topological polar surface area (TPSA) is 35.5 Å². The summed E-state index contributed by atoms with van der Waals surface area (Å²) in [5.41, 5.74) is 3.48. The van der Waals surface area contributed by atoms with Gasteiger partial charge in [-0.3, -0.25) is 0 Å². The Kier molecular flexibility index (Phi) is 5.80. The first-order chi connectivity index (χ1) is 9.95. The van der Waals surface area contributed by atoms with Crippen LogP contribution in [0.1, 0.15) is 49.5 Å². The van der Waals surface area contributed by atoms with E-state index in [0.29, 0.717) is 12.1 Å². The monoisotopic (exact) mass is 290 g/mol. The van der Waals surface area contributed by atoms with Crippen molar-refractivity contribution in [1.82, 2.24) is 10.2 Å². The van der Waals surface area contributed by atoms with Gasteiger partial charge in [-0.1, -0.05) is 37.6 Å². The van der Waals surface area contributed by atoms with Gasteiger partial charge in [0.2, 0.25) is 0 Å². The summed E-state index contributed by atoms with van der Waals surface area (Å²) in [6.45, 7) is 11.5. The van der Waals surface area contributed by atoms with Crippen molar-refractivity contribution < 1.29 is 5.11 Å². The zero-order valence-corrected chi connectivity index (χ0v) is 13.9. The van der Waals surface area contributed by atoms with Crippen LogP contribution in [0.2, 0.25) is 0 Å². The Bertz CT molecular complexity index is 451. The number of likely N-dealkylation sites (tertiary alicyclic amines) is 1. The normalized spacial score (nSPS) is 19.1. The van der Waals surface area contributed by atoms with Gasteiger partial charge in [-0.25, -0.2) is 0 Å². The van der Waals surface area contributed by atoms with E-state index in [-0.39, 0.29) is 6.10 Å². The summed E-state index contributed by atoms with van der Waals surface area (Å²) in [4.78, 5) is 2.39. The summed E-state index contributed by atoms with van der Waals surface area (Å²) < 4.78 is 0. The van der Waals surface area contributed by atoms with E-state index in [1.54, 1.807) is 0 Å². The average Bonchev–Trinajstić information content (AvgIpc) is 2.43. The lowest BCUT2D eigenvalue weighted by atomic mass is 9.99. The first-order valence-electron chi connectivity index (χ1n) is 8.19. The molecule has 1 heterocycles. The standard InChI is InChI=1S/C18H30N2O/c1-13(2)19-16-7-9-20(10-8-16)12-18(21)17-11-14(3)5-6-15(17)4/h5-6,11,13,16,18-19,21H,7-10,12H2,1-4H3/t18-/m1/s1. The molecule has 0 radical (unpaired) electrons. The summed E-state index contributed by atoms with van der Waals surface area (Å²) in [7, 11) is 0. The molecule has 0 amide bonds. The van der Waals surface area contributed by atoms with Crippen LogP contribution < -0.4 is 5.32 Å². The van der Waals surface area contributed by atoms with Crippen molar-refractivity contribution in [2.24, 2.45) is 0 Å². The van der Waals surface area contributed by atoms with E-state index in [4.69, 9.17) is 0 Å². The van der Waals surface area contributed by atoms with Gasteiger partial charge in [0.05, 0.1) is 6.10 Å². The molecule has 1 aromatic carbocycles. The number of hydrogen-bond acceptors (Lipinski definition) is 3. The minimum absolute atomic E-state index is 0.375. The maximum Gasteiger partial charge on any atom is 0.0919 e. The zero-order valence-electron chi connectivity index (χ0n) is 13.9. The SMILES string of the molecule is Cc1ccc(C)c([C@H](O)CN2CCC(NC(C)C)CC2)c1. The summed E-state index contributed by atoms with van der Waals surface area (Å²) in [6.07, 6.45) is 1.98. The molecule has 1 fully saturated rings. The molecular formula is C18H30N2O. The van der Waals surface area contributed by atoms with Crippen LogP contribution in [0, 0.1) is 13.8 Å². The zero-order chi connectivity index (χ0) is 15.4. The van der Waals surface area contributed by atoms with Crippen LogP contribution in [0.4, 0.5) is 0 Å². The fraction of sp³-hybridized carbons (Fsp3) is 0.667. The molecule has 0 spiro atoms. The fourth-order valence-corrected chi connectivity index (χ4v) is 3.22. The maximum atomic E-state index is 10.5. The lowest BCUT2D eigenvalue weighted by Crippen LogP contribution is -2.45. The van der Waals surface area contributed by atoms with Crippen LogP contribution in [0.25, 0.3) is 0 Å².